The number of carbonyl (C=O) groups is 1. The predicted octanol–water partition coefficient (Wildman–Crippen LogP) is 2.96. The summed E-state index contributed by atoms with van der Waals surface area (Å²) in [7, 11) is 0. The van der Waals surface area contributed by atoms with Gasteiger partial charge in [-0.25, -0.2) is 4.98 Å². The first-order valence-corrected chi connectivity index (χ1v) is 7.94. The van der Waals surface area contributed by atoms with Crippen LogP contribution in [0.5, 0.6) is 0 Å². The molecule has 0 saturated heterocycles. The number of hydrogen-bond donors (Lipinski definition) is 2. The largest absolute Gasteiger partial charge is 0.394 e. The number of hydrogen-bond acceptors (Lipinski definition) is 4. The van der Waals surface area contributed by atoms with Gasteiger partial charge in [0, 0.05) is 17.1 Å². The maximum absolute atomic E-state index is 12.3. The van der Waals surface area contributed by atoms with Gasteiger partial charge in [-0.05, 0) is 44.5 Å². The van der Waals surface area contributed by atoms with Crippen molar-refractivity contribution in [2.24, 2.45) is 0 Å². The van der Waals surface area contributed by atoms with Crippen LogP contribution < -0.4 is 5.32 Å². The van der Waals surface area contributed by atoms with Crippen LogP contribution >= 0.6 is 11.8 Å². The maximum atomic E-state index is 12.3. The van der Waals surface area contributed by atoms with Crippen molar-refractivity contribution in [3.8, 4) is 0 Å². The van der Waals surface area contributed by atoms with Gasteiger partial charge in [0.05, 0.1) is 12.2 Å². The van der Waals surface area contributed by atoms with Crippen molar-refractivity contribution in [3.05, 3.63) is 53.2 Å². The van der Waals surface area contributed by atoms with Gasteiger partial charge in [-0.15, -0.1) is 0 Å². The Bertz CT molecular complexity index is 673. The lowest BCUT2D eigenvalue weighted by Crippen LogP contribution is -2.35. The number of nitrogens with one attached hydrogen (secondary N) is 1. The highest BCUT2D eigenvalue weighted by molar-refractivity contribution is 7.99. The summed E-state index contributed by atoms with van der Waals surface area (Å²) in [6, 6.07) is 9.40. The van der Waals surface area contributed by atoms with Gasteiger partial charge >= 0.3 is 0 Å². The number of aryl methyl sites for hydroxylation is 2. The van der Waals surface area contributed by atoms with E-state index in [-0.39, 0.29) is 18.6 Å². The van der Waals surface area contributed by atoms with E-state index >= 15 is 0 Å². The molecule has 5 heteroatoms. The zero-order valence-electron chi connectivity index (χ0n) is 13.0. The van der Waals surface area contributed by atoms with Gasteiger partial charge in [-0.1, -0.05) is 29.5 Å². The Kier molecular flexibility index (Phi) is 5.57. The van der Waals surface area contributed by atoms with Crippen LogP contribution in [0.15, 0.2) is 46.5 Å². The number of amides is 1. The van der Waals surface area contributed by atoms with Crippen LogP contribution in [0.25, 0.3) is 0 Å². The van der Waals surface area contributed by atoms with Gasteiger partial charge in [-0.3, -0.25) is 4.79 Å². The van der Waals surface area contributed by atoms with Gasteiger partial charge in [0.15, 0.2) is 0 Å². The first-order valence-electron chi connectivity index (χ1n) is 7.13. The second-order valence-electron chi connectivity index (χ2n) is 5.28. The van der Waals surface area contributed by atoms with Crippen molar-refractivity contribution < 1.29 is 9.90 Å². The molecule has 2 N–H and O–H groups in total. The summed E-state index contributed by atoms with van der Waals surface area (Å²) in [5, 5.41) is 12.5. The highest BCUT2D eigenvalue weighted by atomic mass is 32.2. The number of nitrogens with zero attached hydrogens (tertiary/aromatic N) is 1. The number of benzene rings is 1. The van der Waals surface area contributed by atoms with E-state index in [1.54, 1.807) is 25.3 Å². The number of pyridine rings is 1. The number of carbonyl (C=O) groups excluding carboxylic acids is 1. The maximum Gasteiger partial charge on any atom is 0.254 e. The van der Waals surface area contributed by atoms with E-state index < -0.39 is 0 Å². The number of aliphatic hydroxyl groups excluding tert-OH is 1. The summed E-state index contributed by atoms with van der Waals surface area (Å²) >= 11 is 1.48. The van der Waals surface area contributed by atoms with Crippen molar-refractivity contribution in [1.82, 2.24) is 10.3 Å². The molecule has 1 unspecified atom stereocenters. The highest BCUT2D eigenvalue weighted by Crippen LogP contribution is 2.31. The minimum absolute atomic E-state index is 0.0917. The molecule has 0 bridgehead atoms. The Hall–Kier alpha value is -1.85. The van der Waals surface area contributed by atoms with Crippen molar-refractivity contribution in [3.63, 3.8) is 0 Å². The summed E-state index contributed by atoms with van der Waals surface area (Å²) in [6.07, 6.45) is 1.68. The molecule has 0 aliphatic carbocycles. The summed E-state index contributed by atoms with van der Waals surface area (Å²) in [4.78, 5) is 17.7. The molecule has 0 aliphatic rings. The van der Waals surface area contributed by atoms with Crippen LogP contribution in [-0.2, 0) is 0 Å². The average Bonchev–Trinajstić information content (AvgIpc) is 2.50. The van der Waals surface area contributed by atoms with Gasteiger partial charge in [-0.2, -0.15) is 0 Å². The van der Waals surface area contributed by atoms with Gasteiger partial charge in [0.1, 0.15) is 5.03 Å². The molecule has 2 aromatic rings. The Labute approximate surface area is 135 Å². The third-order valence-electron chi connectivity index (χ3n) is 3.20. The zero-order valence-corrected chi connectivity index (χ0v) is 13.8. The number of aliphatic hydroxyl groups is 1. The third-order valence-corrected chi connectivity index (χ3v) is 4.40. The fraction of sp³-hybridized carbons (Fsp3) is 0.294. The fourth-order valence-corrected chi connectivity index (χ4v) is 2.96. The molecule has 1 aromatic carbocycles. The summed E-state index contributed by atoms with van der Waals surface area (Å²) < 4.78 is 0. The number of aromatic nitrogens is 1. The summed E-state index contributed by atoms with van der Waals surface area (Å²) in [5.41, 5.74) is 2.89. The highest BCUT2D eigenvalue weighted by Gasteiger charge is 2.15. The molecule has 0 radical (unpaired) electrons. The average molecular weight is 316 g/mol. The normalized spacial score (nSPS) is 12.0. The molecule has 1 amide bonds. The third kappa shape index (κ3) is 4.08. The zero-order chi connectivity index (χ0) is 16.1. The lowest BCUT2D eigenvalue weighted by molar-refractivity contribution is 0.0918. The molecule has 1 aromatic heterocycles. The standard InChI is InChI=1S/C17H20N2O2S/c1-11-6-7-15(12(2)9-11)22-17-14(5-4-8-18-17)16(21)19-13(3)10-20/h4-9,13,20H,10H2,1-3H3,(H,19,21). The van der Waals surface area contributed by atoms with E-state index in [0.717, 1.165) is 10.5 Å². The van der Waals surface area contributed by atoms with E-state index in [2.05, 4.69) is 23.3 Å². The van der Waals surface area contributed by atoms with E-state index in [0.29, 0.717) is 10.6 Å². The summed E-state index contributed by atoms with van der Waals surface area (Å²) in [5.74, 6) is -0.220. The summed E-state index contributed by atoms with van der Waals surface area (Å²) in [6.45, 7) is 5.76. The molecule has 0 spiro atoms. The molecule has 4 nitrogen and oxygen atoms in total. The molecule has 0 aliphatic heterocycles. The van der Waals surface area contributed by atoms with Crippen LogP contribution in [0, 0.1) is 13.8 Å². The minimum atomic E-state index is -0.285. The topological polar surface area (TPSA) is 62.2 Å². The smallest absolute Gasteiger partial charge is 0.254 e. The van der Waals surface area contributed by atoms with Crippen LogP contribution in [0.4, 0.5) is 0 Å². The molecule has 0 fully saturated rings. The van der Waals surface area contributed by atoms with E-state index in [1.165, 1.54) is 17.3 Å². The lowest BCUT2D eigenvalue weighted by atomic mass is 10.2. The second kappa shape index (κ2) is 7.42. The van der Waals surface area contributed by atoms with E-state index in [4.69, 9.17) is 5.11 Å². The van der Waals surface area contributed by atoms with Crippen molar-refractivity contribution >= 4 is 17.7 Å². The molecule has 1 atom stereocenters. The first-order chi connectivity index (χ1) is 10.5. The van der Waals surface area contributed by atoms with Crippen LogP contribution in [0.2, 0.25) is 0 Å². The molecular formula is C17H20N2O2S. The molecule has 116 valence electrons. The van der Waals surface area contributed by atoms with Crippen molar-refractivity contribution in [2.45, 2.75) is 36.7 Å². The van der Waals surface area contributed by atoms with Crippen LogP contribution in [-0.4, -0.2) is 28.6 Å². The Balaban J connectivity index is 2.26. The molecule has 2 rings (SSSR count). The van der Waals surface area contributed by atoms with Crippen LogP contribution in [0.3, 0.4) is 0 Å². The second-order valence-corrected chi connectivity index (χ2v) is 6.31. The van der Waals surface area contributed by atoms with Gasteiger partial charge < -0.3 is 10.4 Å². The van der Waals surface area contributed by atoms with Crippen molar-refractivity contribution in [2.75, 3.05) is 6.61 Å². The number of rotatable bonds is 5. The fourth-order valence-electron chi connectivity index (χ4n) is 2.01. The van der Waals surface area contributed by atoms with E-state index in [1.807, 2.05) is 19.1 Å². The van der Waals surface area contributed by atoms with Gasteiger partial charge in [0.25, 0.3) is 5.91 Å². The first kappa shape index (κ1) is 16.5. The molecule has 22 heavy (non-hydrogen) atoms. The van der Waals surface area contributed by atoms with Crippen molar-refractivity contribution in [1.29, 1.82) is 0 Å². The quantitative estimate of drug-likeness (QED) is 0.890. The van der Waals surface area contributed by atoms with Crippen LogP contribution in [0.1, 0.15) is 28.4 Å². The predicted molar refractivity (Wildman–Crippen MR) is 88.3 cm³/mol. The monoisotopic (exact) mass is 316 g/mol. The van der Waals surface area contributed by atoms with Gasteiger partial charge in [0.2, 0.25) is 0 Å². The Morgan fingerprint density at radius 1 is 1.36 bits per heavy atom. The molecule has 0 saturated carbocycles. The molecular weight excluding hydrogens is 296 g/mol. The molecule has 1 heterocycles. The Morgan fingerprint density at radius 2 is 2.14 bits per heavy atom. The minimum Gasteiger partial charge on any atom is -0.394 e. The van der Waals surface area contributed by atoms with E-state index in [9.17, 15) is 4.79 Å². The lowest BCUT2D eigenvalue weighted by Gasteiger charge is -2.13. The Morgan fingerprint density at radius 3 is 2.82 bits per heavy atom. The SMILES string of the molecule is Cc1ccc(Sc2ncccc2C(=O)NC(C)CO)c(C)c1.